The van der Waals surface area contributed by atoms with E-state index in [0.29, 0.717) is 5.92 Å². The van der Waals surface area contributed by atoms with Gasteiger partial charge in [-0.05, 0) is 64.2 Å². The van der Waals surface area contributed by atoms with Crippen molar-refractivity contribution in [2.45, 2.75) is 70.6 Å². The number of H-pyrrole nitrogens is 1. The maximum atomic E-state index is 13.0. The number of likely N-dealkylation sites (tertiary alicyclic amines) is 1. The largest absolute Gasteiger partial charge is 0.444 e. The third-order valence-corrected chi connectivity index (χ3v) is 5.96. The molecule has 1 amide bonds. The highest BCUT2D eigenvalue weighted by Gasteiger charge is 2.47. The van der Waals surface area contributed by atoms with Crippen LogP contribution >= 0.6 is 15.9 Å². The maximum Gasteiger partial charge on any atom is 0.411 e. The zero-order valence-electron chi connectivity index (χ0n) is 15.6. The number of hydrogen-bond acceptors (Lipinski definition) is 3. The molecule has 26 heavy (non-hydrogen) atoms. The third-order valence-electron chi connectivity index (χ3n) is 5.47. The molecule has 2 heterocycles. The van der Waals surface area contributed by atoms with Crippen LogP contribution in [0.15, 0.2) is 22.7 Å². The van der Waals surface area contributed by atoms with Crippen molar-refractivity contribution in [3.63, 3.8) is 0 Å². The first-order valence-corrected chi connectivity index (χ1v) is 10.3. The Balaban J connectivity index is 1.70. The van der Waals surface area contributed by atoms with Crippen molar-refractivity contribution in [1.29, 1.82) is 0 Å². The Bertz CT molecular complexity index is 826. The molecule has 0 radical (unpaired) electrons. The molecule has 3 atom stereocenters. The summed E-state index contributed by atoms with van der Waals surface area (Å²) < 4.78 is 6.77. The highest BCUT2D eigenvalue weighted by atomic mass is 79.9. The number of amides is 1. The molecule has 1 aromatic heterocycles. The fraction of sp³-hybridized carbons (Fsp3) is 0.600. The summed E-state index contributed by atoms with van der Waals surface area (Å²) in [5.41, 5.74) is 1.43. The number of aromatic nitrogens is 2. The molecule has 1 aliphatic carbocycles. The van der Waals surface area contributed by atoms with Gasteiger partial charge < -0.3 is 9.72 Å². The predicted molar refractivity (Wildman–Crippen MR) is 105 cm³/mol. The summed E-state index contributed by atoms with van der Waals surface area (Å²) in [4.78, 5) is 23.2. The number of carbonyl (C=O) groups is 1. The van der Waals surface area contributed by atoms with E-state index < -0.39 is 5.60 Å². The van der Waals surface area contributed by atoms with Gasteiger partial charge in [0.1, 0.15) is 11.4 Å². The third kappa shape index (κ3) is 3.36. The van der Waals surface area contributed by atoms with Crippen molar-refractivity contribution in [3.05, 3.63) is 28.5 Å². The molecule has 3 unspecified atom stereocenters. The zero-order chi connectivity index (χ0) is 18.5. The molecule has 0 spiro atoms. The van der Waals surface area contributed by atoms with Gasteiger partial charge in [0.25, 0.3) is 0 Å². The number of aromatic amines is 1. The molecule has 2 aromatic rings. The number of hydrogen-bond donors (Lipinski definition) is 1. The molecule has 0 bridgehead atoms. The predicted octanol–water partition coefficient (Wildman–Crippen LogP) is 5.57. The highest BCUT2D eigenvalue weighted by molar-refractivity contribution is 9.10. The fourth-order valence-electron chi connectivity index (χ4n) is 4.44. The number of rotatable bonds is 1. The minimum absolute atomic E-state index is 0.0378. The second-order valence-electron chi connectivity index (χ2n) is 8.53. The van der Waals surface area contributed by atoms with Crippen molar-refractivity contribution in [2.75, 3.05) is 0 Å². The molecule has 1 N–H and O–H groups in total. The van der Waals surface area contributed by atoms with Gasteiger partial charge in [-0.3, -0.25) is 4.90 Å². The average molecular weight is 420 g/mol. The number of ether oxygens (including phenoxy) is 1. The van der Waals surface area contributed by atoms with E-state index in [9.17, 15) is 4.79 Å². The van der Waals surface area contributed by atoms with Crippen LogP contribution in [0.4, 0.5) is 4.79 Å². The van der Waals surface area contributed by atoms with Gasteiger partial charge in [-0.15, -0.1) is 0 Å². The van der Waals surface area contributed by atoms with E-state index >= 15 is 0 Å². The lowest BCUT2D eigenvalue weighted by Crippen LogP contribution is -2.43. The SMILES string of the molecule is CC(C)(C)OC(=O)N1C(c2nc3ccc(Br)cc3[nH]2)CC2CCCCC21. The smallest absolute Gasteiger partial charge is 0.411 e. The lowest BCUT2D eigenvalue weighted by Gasteiger charge is -2.34. The number of imidazole rings is 1. The van der Waals surface area contributed by atoms with E-state index in [1.54, 1.807) is 0 Å². The van der Waals surface area contributed by atoms with Gasteiger partial charge >= 0.3 is 6.09 Å². The van der Waals surface area contributed by atoms with E-state index in [-0.39, 0.29) is 18.2 Å². The zero-order valence-corrected chi connectivity index (χ0v) is 17.2. The quantitative estimate of drug-likeness (QED) is 0.657. The molecule has 4 rings (SSSR count). The first-order chi connectivity index (χ1) is 12.3. The Kier molecular flexibility index (Phi) is 4.49. The van der Waals surface area contributed by atoms with Crippen molar-refractivity contribution < 1.29 is 9.53 Å². The van der Waals surface area contributed by atoms with Crippen LogP contribution in [0.1, 0.15) is 64.7 Å². The van der Waals surface area contributed by atoms with Gasteiger partial charge in [0.15, 0.2) is 0 Å². The van der Waals surface area contributed by atoms with E-state index in [1.165, 1.54) is 19.3 Å². The summed E-state index contributed by atoms with van der Waals surface area (Å²) >= 11 is 3.51. The van der Waals surface area contributed by atoms with Crippen LogP contribution < -0.4 is 0 Å². The number of fused-ring (bicyclic) bond motifs is 2. The number of benzene rings is 1. The van der Waals surface area contributed by atoms with Gasteiger partial charge in [-0.2, -0.15) is 0 Å². The number of carbonyl (C=O) groups excluding carboxylic acids is 1. The molecular formula is C20H26BrN3O2. The Morgan fingerprint density at radius 1 is 1.31 bits per heavy atom. The summed E-state index contributed by atoms with van der Waals surface area (Å²) in [6, 6.07) is 6.26. The van der Waals surface area contributed by atoms with E-state index in [0.717, 1.165) is 34.2 Å². The lowest BCUT2D eigenvalue weighted by atomic mass is 9.85. The number of halogens is 1. The second kappa shape index (κ2) is 6.55. The molecule has 140 valence electrons. The van der Waals surface area contributed by atoms with Crippen molar-refractivity contribution >= 4 is 33.1 Å². The minimum Gasteiger partial charge on any atom is -0.444 e. The molecule has 1 aromatic carbocycles. The first-order valence-electron chi connectivity index (χ1n) is 9.48. The monoisotopic (exact) mass is 419 g/mol. The van der Waals surface area contributed by atoms with Crippen LogP contribution in [0.25, 0.3) is 11.0 Å². The molecule has 6 heteroatoms. The molecule has 2 aliphatic rings. The van der Waals surface area contributed by atoms with Crippen molar-refractivity contribution in [3.8, 4) is 0 Å². The first kappa shape index (κ1) is 17.8. The van der Waals surface area contributed by atoms with Gasteiger partial charge in [-0.25, -0.2) is 9.78 Å². The normalized spacial score (nSPS) is 26.2. The van der Waals surface area contributed by atoms with Gasteiger partial charge in [0, 0.05) is 10.5 Å². The Morgan fingerprint density at radius 3 is 2.85 bits per heavy atom. The Hall–Kier alpha value is -1.56. The summed E-state index contributed by atoms with van der Waals surface area (Å²) in [7, 11) is 0. The highest BCUT2D eigenvalue weighted by Crippen LogP contribution is 2.46. The van der Waals surface area contributed by atoms with Gasteiger partial charge in [0.05, 0.1) is 17.1 Å². The van der Waals surface area contributed by atoms with Crippen LogP contribution in [0.5, 0.6) is 0 Å². The van der Waals surface area contributed by atoms with Crippen LogP contribution in [-0.2, 0) is 4.74 Å². The summed E-state index contributed by atoms with van der Waals surface area (Å²) in [5.74, 6) is 1.42. The summed E-state index contributed by atoms with van der Waals surface area (Å²) in [6.07, 6.45) is 5.44. The van der Waals surface area contributed by atoms with Gasteiger partial charge in [-0.1, -0.05) is 28.8 Å². The number of nitrogens with one attached hydrogen (secondary N) is 1. The number of nitrogens with zero attached hydrogens (tertiary/aromatic N) is 2. The Morgan fingerprint density at radius 2 is 2.08 bits per heavy atom. The molecule has 5 nitrogen and oxygen atoms in total. The van der Waals surface area contributed by atoms with Crippen LogP contribution in [0, 0.1) is 5.92 Å². The van der Waals surface area contributed by atoms with Gasteiger partial charge in [0.2, 0.25) is 0 Å². The van der Waals surface area contributed by atoms with Crippen LogP contribution in [-0.4, -0.2) is 32.6 Å². The van der Waals surface area contributed by atoms with Crippen molar-refractivity contribution in [1.82, 2.24) is 14.9 Å². The molecule has 1 saturated heterocycles. The fourth-order valence-corrected chi connectivity index (χ4v) is 4.80. The van der Waals surface area contributed by atoms with E-state index in [2.05, 4.69) is 20.9 Å². The van der Waals surface area contributed by atoms with Crippen LogP contribution in [0.3, 0.4) is 0 Å². The maximum absolute atomic E-state index is 13.0. The van der Waals surface area contributed by atoms with Crippen molar-refractivity contribution in [2.24, 2.45) is 5.92 Å². The second-order valence-corrected chi connectivity index (χ2v) is 9.45. The molecule has 1 aliphatic heterocycles. The van der Waals surface area contributed by atoms with E-state index in [1.807, 2.05) is 43.9 Å². The Labute approximate surface area is 162 Å². The topological polar surface area (TPSA) is 58.2 Å². The van der Waals surface area contributed by atoms with Crippen LogP contribution in [0.2, 0.25) is 0 Å². The summed E-state index contributed by atoms with van der Waals surface area (Å²) in [5, 5.41) is 0. The summed E-state index contributed by atoms with van der Waals surface area (Å²) in [6.45, 7) is 5.77. The van der Waals surface area contributed by atoms with E-state index in [4.69, 9.17) is 9.72 Å². The lowest BCUT2D eigenvalue weighted by molar-refractivity contribution is 0.00953. The molecular weight excluding hydrogens is 394 g/mol. The average Bonchev–Trinajstić information content (AvgIpc) is 3.13. The minimum atomic E-state index is -0.493. The standard InChI is InChI=1S/C20H26BrN3O2/c1-20(2,3)26-19(25)24-16-7-5-4-6-12(16)10-17(24)18-22-14-9-8-13(21)11-15(14)23-18/h8-9,11-12,16-17H,4-7,10H2,1-3H3,(H,22,23). The molecule has 2 fully saturated rings. The molecule has 1 saturated carbocycles.